The molecule has 20 heteroatoms. The third-order valence-corrected chi connectivity index (χ3v) is 12.5. The summed E-state index contributed by atoms with van der Waals surface area (Å²) in [7, 11) is -11.4. The lowest BCUT2D eigenvalue weighted by Crippen LogP contribution is -2.36. The van der Waals surface area contributed by atoms with Crippen LogP contribution in [0.4, 0.5) is 13.6 Å². The highest BCUT2D eigenvalue weighted by atomic mass is 31.2. The van der Waals surface area contributed by atoms with Gasteiger partial charge in [-0.05, 0) is 50.0 Å². The number of carbonyl (C=O) groups is 4. The molecule has 6 N–H and O–H groups in total. The number of esters is 2. The Bertz CT molecular complexity index is 1710. The van der Waals surface area contributed by atoms with E-state index in [1.165, 1.54) is 54.6 Å². The molecule has 2 aromatic rings. The van der Waals surface area contributed by atoms with Crippen LogP contribution in [0.25, 0.3) is 0 Å². The molecule has 1 aliphatic heterocycles. The smallest absolute Gasteiger partial charge is 0.412 e. The van der Waals surface area contributed by atoms with Crippen molar-refractivity contribution in [1.29, 1.82) is 0 Å². The van der Waals surface area contributed by atoms with E-state index < -0.39 is 75.4 Å². The molecule has 3 rings (SSSR count). The molecule has 1 aliphatic rings. The van der Waals surface area contributed by atoms with Crippen molar-refractivity contribution >= 4 is 39.1 Å². The molecule has 0 spiro atoms. The Morgan fingerprint density at radius 1 is 0.964 bits per heavy atom. The van der Waals surface area contributed by atoms with Crippen LogP contribution in [0, 0.1) is 0 Å². The molecule has 0 aromatic heterocycles. The minimum absolute atomic E-state index is 0.0985. The lowest BCUT2D eigenvalue weighted by Gasteiger charge is -2.29. The summed E-state index contributed by atoms with van der Waals surface area (Å²) in [4.78, 5) is 87.7. The van der Waals surface area contributed by atoms with Crippen LogP contribution in [0.2, 0.25) is 0 Å². The van der Waals surface area contributed by atoms with Gasteiger partial charge in [0.25, 0.3) is 5.08 Å². The molecule has 2 amide bonds. The van der Waals surface area contributed by atoms with Gasteiger partial charge in [0, 0.05) is 37.9 Å². The zero-order valence-corrected chi connectivity index (χ0v) is 31.8. The Labute approximate surface area is 316 Å². The number of hydrogen-bond acceptors (Lipinski definition) is 10. The summed E-state index contributed by atoms with van der Waals surface area (Å²) in [6.45, 7) is 1.65. The third kappa shape index (κ3) is 13.3. The molecule has 0 radical (unpaired) electrons. The van der Waals surface area contributed by atoms with Crippen LogP contribution >= 0.6 is 15.2 Å². The first kappa shape index (κ1) is 45.4. The number of nitrogens with zero attached hydrogens (tertiary/aromatic N) is 1. The number of amides is 2. The Balaban J connectivity index is 1.61. The van der Waals surface area contributed by atoms with Crippen LogP contribution < -0.4 is 10.1 Å². The average Bonchev–Trinajstić information content (AvgIpc) is 3.46. The number of likely N-dealkylation sites (tertiary alicyclic amines) is 1. The highest BCUT2D eigenvalue weighted by Crippen LogP contribution is 2.68. The summed E-state index contributed by atoms with van der Waals surface area (Å²) in [5.41, 5.74) is -0.112. The standard InChI is InChI=1S/C35H46F2N2O14P2/c1-2-51-31(41)12-8-3-4-9-23-39-27(16-20-30(39)40)15-19-29(35(36,37)26-10-6-5-7-11-26)53-32(42)24-25-13-17-28(18-14-25)52-33(43)38-22-21-34(44,54(45,46)47)55(48,49)50/h5-7,10-11,13-15,17-19,27,29,44H,2-4,8-9,12,16,20-24H2,1H3,(H,38,43)(H2,45,46,47)(H2,48,49,50)/t27-,29+/m0/s1. The fourth-order valence-electron chi connectivity index (χ4n) is 5.63. The van der Waals surface area contributed by atoms with Crippen molar-refractivity contribution in [1.82, 2.24) is 10.2 Å². The van der Waals surface area contributed by atoms with Crippen molar-refractivity contribution in [3.05, 3.63) is 77.9 Å². The van der Waals surface area contributed by atoms with Crippen LogP contribution in [-0.4, -0.2) is 90.4 Å². The lowest BCUT2D eigenvalue weighted by atomic mass is 10.0. The van der Waals surface area contributed by atoms with Gasteiger partial charge in [-0.15, -0.1) is 0 Å². The maximum absolute atomic E-state index is 15.9. The van der Waals surface area contributed by atoms with Crippen molar-refractivity contribution < 1.29 is 76.0 Å². The van der Waals surface area contributed by atoms with E-state index in [9.17, 15) is 53.0 Å². The second-order valence-corrected chi connectivity index (χ2v) is 16.7. The monoisotopic (exact) mass is 818 g/mol. The summed E-state index contributed by atoms with van der Waals surface area (Å²) in [5.74, 6) is -5.15. The zero-order valence-electron chi connectivity index (χ0n) is 30.0. The molecule has 2 atom stereocenters. The largest absolute Gasteiger partial charge is 0.466 e. The minimum Gasteiger partial charge on any atom is -0.466 e. The van der Waals surface area contributed by atoms with E-state index in [0.717, 1.165) is 18.9 Å². The van der Waals surface area contributed by atoms with E-state index in [2.05, 4.69) is 0 Å². The SMILES string of the molecule is CCOC(=O)CCCCCCN1C(=O)CC[C@@H]1C=C[C@@H](OC(=O)Cc1ccc(OC(=O)NCCC(O)(P(=O)(O)O)P(=O)(O)O)cc1)C(F)(F)c1ccccc1. The van der Waals surface area contributed by atoms with E-state index >= 15 is 8.78 Å². The van der Waals surface area contributed by atoms with Crippen LogP contribution in [0.15, 0.2) is 66.7 Å². The fraction of sp³-hybridized carbons (Fsp3) is 0.486. The Hall–Kier alpha value is -4.02. The van der Waals surface area contributed by atoms with Gasteiger partial charge in [-0.2, -0.15) is 8.78 Å². The topological polar surface area (TPSA) is 247 Å². The second-order valence-electron chi connectivity index (χ2n) is 12.7. The Morgan fingerprint density at radius 3 is 2.22 bits per heavy atom. The van der Waals surface area contributed by atoms with Crippen molar-refractivity contribution in [3.8, 4) is 5.75 Å². The molecule has 304 valence electrons. The van der Waals surface area contributed by atoms with Crippen molar-refractivity contribution in [2.75, 3.05) is 19.7 Å². The van der Waals surface area contributed by atoms with E-state index in [1.54, 1.807) is 17.9 Å². The fourth-order valence-corrected chi connectivity index (χ4v) is 7.80. The number of hydrogen-bond donors (Lipinski definition) is 6. The normalized spacial score (nSPS) is 15.9. The quantitative estimate of drug-likeness (QED) is 0.0441. The Kier molecular flexibility index (Phi) is 16.7. The lowest BCUT2D eigenvalue weighted by molar-refractivity contribution is -0.167. The summed E-state index contributed by atoms with van der Waals surface area (Å²) >= 11 is 0. The molecule has 16 nitrogen and oxygen atoms in total. The van der Waals surface area contributed by atoms with Gasteiger partial charge in [-0.3, -0.25) is 23.5 Å². The third-order valence-electron chi connectivity index (χ3n) is 8.64. The number of benzene rings is 2. The highest BCUT2D eigenvalue weighted by molar-refractivity contribution is 7.72. The number of alkyl halides is 2. The molecular weight excluding hydrogens is 772 g/mol. The molecule has 1 heterocycles. The van der Waals surface area contributed by atoms with Crippen LogP contribution in [0.1, 0.15) is 69.4 Å². The van der Waals surface area contributed by atoms with E-state index in [4.69, 9.17) is 14.2 Å². The van der Waals surface area contributed by atoms with E-state index in [0.29, 0.717) is 38.8 Å². The molecule has 1 saturated heterocycles. The van der Waals surface area contributed by atoms with Gasteiger partial charge in [0.15, 0.2) is 6.10 Å². The van der Waals surface area contributed by atoms with Crippen LogP contribution in [-0.2, 0) is 45.3 Å². The molecule has 0 saturated carbocycles. The van der Waals surface area contributed by atoms with E-state index in [-0.39, 0.29) is 29.6 Å². The summed E-state index contributed by atoms with van der Waals surface area (Å²) in [6.07, 6.45) is 1.36. The predicted molar refractivity (Wildman–Crippen MR) is 192 cm³/mol. The highest BCUT2D eigenvalue weighted by Gasteiger charge is 2.58. The number of carbonyl (C=O) groups excluding carboxylic acids is 4. The number of halogens is 2. The number of ether oxygens (including phenoxy) is 3. The molecule has 55 heavy (non-hydrogen) atoms. The first-order chi connectivity index (χ1) is 25.8. The Morgan fingerprint density at radius 2 is 1.60 bits per heavy atom. The van der Waals surface area contributed by atoms with Gasteiger partial charge in [-0.1, -0.05) is 61.4 Å². The number of rotatable bonds is 21. The first-order valence-electron chi connectivity index (χ1n) is 17.4. The van der Waals surface area contributed by atoms with Gasteiger partial charge < -0.3 is 49.1 Å². The predicted octanol–water partition coefficient (Wildman–Crippen LogP) is 4.47. The molecule has 1 fully saturated rings. The van der Waals surface area contributed by atoms with Gasteiger partial charge in [0.2, 0.25) is 5.91 Å². The van der Waals surface area contributed by atoms with Crippen molar-refractivity contribution in [3.63, 3.8) is 0 Å². The maximum atomic E-state index is 15.9. The van der Waals surface area contributed by atoms with Crippen molar-refractivity contribution in [2.45, 2.75) is 87.9 Å². The molecule has 0 unspecified atom stereocenters. The first-order valence-corrected chi connectivity index (χ1v) is 20.7. The molecular formula is C35H46F2N2O14P2. The minimum atomic E-state index is -5.72. The summed E-state index contributed by atoms with van der Waals surface area (Å²) in [5, 5.41) is 8.16. The number of nitrogens with one attached hydrogen (secondary N) is 1. The number of aliphatic hydroxyl groups is 1. The summed E-state index contributed by atoms with van der Waals surface area (Å²) in [6, 6.07) is 11.5. The van der Waals surface area contributed by atoms with Gasteiger partial charge in [0.05, 0.1) is 19.1 Å². The average molecular weight is 819 g/mol. The summed E-state index contributed by atoms with van der Waals surface area (Å²) < 4.78 is 69.8. The van der Waals surface area contributed by atoms with Gasteiger partial charge >= 0.3 is 39.1 Å². The van der Waals surface area contributed by atoms with Crippen LogP contribution in [0.5, 0.6) is 5.75 Å². The second kappa shape index (κ2) is 20.2. The molecule has 2 aromatic carbocycles. The van der Waals surface area contributed by atoms with E-state index in [1.807, 2.05) is 5.32 Å². The van der Waals surface area contributed by atoms with Gasteiger partial charge in [-0.25, -0.2) is 4.79 Å². The van der Waals surface area contributed by atoms with Crippen LogP contribution in [0.3, 0.4) is 0 Å². The molecule has 0 bridgehead atoms. The maximum Gasteiger partial charge on any atom is 0.412 e. The van der Waals surface area contributed by atoms with Gasteiger partial charge in [0.1, 0.15) is 5.75 Å². The van der Waals surface area contributed by atoms with Crippen molar-refractivity contribution in [2.24, 2.45) is 0 Å². The molecule has 0 aliphatic carbocycles. The zero-order chi connectivity index (χ0) is 40.9. The number of unbranched alkanes of at least 4 members (excludes halogenated alkanes) is 3.